The van der Waals surface area contributed by atoms with Crippen LogP contribution >= 0.6 is 0 Å². The average molecular weight is 267 g/mol. The number of aromatic nitrogens is 1. The first-order chi connectivity index (χ1) is 8.40. The number of aryl methyl sites for hydroxylation is 1. The van der Waals surface area contributed by atoms with E-state index in [-0.39, 0.29) is 10.7 Å². The summed E-state index contributed by atoms with van der Waals surface area (Å²) in [6.07, 6.45) is 1.29. The van der Waals surface area contributed by atoms with E-state index < -0.39 is 10.0 Å². The lowest BCUT2D eigenvalue weighted by Gasteiger charge is -2.11. The SMILES string of the molecule is Cc1cc(N)c(C)c(S(=O)(=O)Nc2ccon2)c1. The summed E-state index contributed by atoms with van der Waals surface area (Å²) >= 11 is 0. The molecule has 0 bridgehead atoms. The number of nitrogens with two attached hydrogens (primary N) is 1. The number of anilines is 2. The van der Waals surface area contributed by atoms with Gasteiger partial charge in [-0.15, -0.1) is 0 Å². The largest absolute Gasteiger partial charge is 0.398 e. The van der Waals surface area contributed by atoms with Crippen molar-refractivity contribution in [1.82, 2.24) is 5.16 Å². The summed E-state index contributed by atoms with van der Waals surface area (Å²) < 4.78 is 31.2. The van der Waals surface area contributed by atoms with E-state index in [0.717, 1.165) is 5.56 Å². The average Bonchev–Trinajstić information content (AvgIpc) is 2.75. The fraction of sp³-hybridized carbons (Fsp3) is 0.182. The van der Waals surface area contributed by atoms with Gasteiger partial charge in [-0.25, -0.2) is 8.42 Å². The van der Waals surface area contributed by atoms with Crippen LogP contribution in [0, 0.1) is 13.8 Å². The summed E-state index contributed by atoms with van der Waals surface area (Å²) in [5.41, 5.74) is 7.49. The maximum Gasteiger partial charge on any atom is 0.263 e. The van der Waals surface area contributed by atoms with Crippen molar-refractivity contribution in [2.45, 2.75) is 18.7 Å². The standard InChI is InChI=1S/C11H13N3O3S/c1-7-5-9(12)8(2)10(6-7)18(15,16)14-11-3-4-17-13-11/h3-6H,12H2,1-2H3,(H,13,14). The summed E-state index contributed by atoms with van der Waals surface area (Å²) in [6.45, 7) is 3.44. The van der Waals surface area contributed by atoms with Crippen molar-refractivity contribution < 1.29 is 12.9 Å². The molecule has 0 aliphatic rings. The minimum atomic E-state index is -3.71. The molecule has 0 fully saturated rings. The van der Waals surface area contributed by atoms with Gasteiger partial charge in [0.25, 0.3) is 10.0 Å². The fourth-order valence-electron chi connectivity index (χ4n) is 1.59. The molecule has 6 nitrogen and oxygen atoms in total. The minimum absolute atomic E-state index is 0.134. The molecule has 7 heteroatoms. The Labute approximate surface area is 105 Å². The highest BCUT2D eigenvalue weighted by atomic mass is 32.2. The summed E-state index contributed by atoms with van der Waals surface area (Å²) in [5.74, 6) is 0.134. The van der Waals surface area contributed by atoms with Gasteiger partial charge in [0.15, 0.2) is 5.82 Å². The summed E-state index contributed by atoms with van der Waals surface area (Å²) in [5, 5.41) is 3.50. The topological polar surface area (TPSA) is 98.2 Å². The van der Waals surface area contributed by atoms with Gasteiger partial charge in [0.1, 0.15) is 6.26 Å². The van der Waals surface area contributed by atoms with Crippen LogP contribution in [0.1, 0.15) is 11.1 Å². The number of rotatable bonds is 3. The summed E-state index contributed by atoms with van der Waals surface area (Å²) in [6, 6.07) is 4.71. The van der Waals surface area contributed by atoms with E-state index in [1.807, 2.05) is 0 Å². The summed E-state index contributed by atoms with van der Waals surface area (Å²) in [7, 11) is -3.71. The first kappa shape index (κ1) is 12.4. The normalized spacial score (nSPS) is 11.4. The van der Waals surface area contributed by atoms with E-state index in [4.69, 9.17) is 5.73 Å². The molecule has 96 valence electrons. The van der Waals surface area contributed by atoms with Crippen LogP contribution in [0.3, 0.4) is 0 Å². The molecule has 1 aromatic carbocycles. The Bertz CT molecular complexity index is 663. The van der Waals surface area contributed by atoms with Crippen LogP contribution in [0.25, 0.3) is 0 Å². The van der Waals surface area contributed by atoms with Gasteiger partial charge in [0.2, 0.25) is 0 Å². The number of benzene rings is 1. The van der Waals surface area contributed by atoms with Gasteiger partial charge in [-0.3, -0.25) is 4.72 Å². The molecule has 0 atom stereocenters. The monoisotopic (exact) mass is 267 g/mol. The van der Waals surface area contributed by atoms with Crippen LogP contribution in [0.15, 0.2) is 33.9 Å². The van der Waals surface area contributed by atoms with Crippen molar-refractivity contribution in [1.29, 1.82) is 0 Å². The molecule has 0 radical (unpaired) electrons. The van der Waals surface area contributed by atoms with Crippen LogP contribution in [-0.4, -0.2) is 13.6 Å². The van der Waals surface area contributed by atoms with Crippen LogP contribution in [0.2, 0.25) is 0 Å². The maximum absolute atomic E-state index is 12.2. The van der Waals surface area contributed by atoms with Crippen LogP contribution in [0.4, 0.5) is 11.5 Å². The molecule has 18 heavy (non-hydrogen) atoms. The van der Waals surface area contributed by atoms with Crippen LogP contribution in [0.5, 0.6) is 0 Å². The van der Waals surface area contributed by atoms with Crippen molar-refractivity contribution in [2.24, 2.45) is 0 Å². The Morgan fingerprint density at radius 1 is 1.33 bits per heavy atom. The lowest BCUT2D eigenvalue weighted by Crippen LogP contribution is -2.15. The van der Waals surface area contributed by atoms with Gasteiger partial charge < -0.3 is 10.3 Å². The zero-order valence-electron chi connectivity index (χ0n) is 9.97. The maximum atomic E-state index is 12.2. The Kier molecular flexibility index (Phi) is 3.00. The van der Waals surface area contributed by atoms with Gasteiger partial charge in [0, 0.05) is 11.8 Å². The molecule has 0 saturated heterocycles. The van der Waals surface area contributed by atoms with Crippen molar-refractivity contribution in [3.8, 4) is 0 Å². The van der Waals surface area contributed by atoms with E-state index in [1.165, 1.54) is 12.3 Å². The third kappa shape index (κ3) is 2.30. The first-order valence-corrected chi connectivity index (χ1v) is 6.68. The quantitative estimate of drug-likeness (QED) is 0.824. The second-order valence-corrected chi connectivity index (χ2v) is 5.62. The third-order valence-corrected chi connectivity index (χ3v) is 3.99. The highest BCUT2D eigenvalue weighted by molar-refractivity contribution is 7.92. The molecule has 0 unspecified atom stereocenters. The molecule has 0 saturated carbocycles. The van der Waals surface area contributed by atoms with Gasteiger partial charge in [0.05, 0.1) is 4.90 Å². The zero-order chi connectivity index (χ0) is 13.3. The molecule has 3 N–H and O–H groups in total. The fourth-order valence-corrected chi connectivity index (χ4v) is 2.94. The number of hydrogen-bond acceptors (Lipinski definition) is 5. The predicted molar refractivity (Wildman–Crippen MR) is 67.6 cm³/mol. The number of sulfonamides is 1. The second-order valence-electron chi connectivity index (χ2n) is 3.97. The van der Waals surface area contributed by atoms with E-state index >= 15 is 0 Å². The Hall–Kier alpha value is -2.02. The van der Waals surface area contributed by atoms with Crippen LogP contribution < -0.4 is 10.5 Å². The lowest BCUT2D eigenvalue weighted by molar-refractivity contribution is 0.423. The van der Waals surface area contributed by atoms with Crippen LogP contribution in [-0.2, 0) is 10.0 Å². The van der Waals surface area contributed by atoms with Gasteiger partial charge >= 0.3 is 0 Å². The second kappa shape index (κ2) is 4.34. The highest BCUT2D eigenvalue weighted by Gasteiger charge is 2.19. The summed E-state index contributed by atoms with van der Waals surface area (Å²) in [4.78, 5) is 0.142. The zero-order valence-corrected chi connectivity index (χ0v) is 10.8. The van der Waals surface area contributed by atoms with E-state index in [9.17, 15) is 8.42 Å². The molecule has 1 aromatic heterocycles. The highest BCUT2D eigenvalue weighted by Crippen LogP contribution is 2.24. The van der Waals surface area contributed by atoms with Crippen molar-refractivity contribution >= 4 is 21.5 Å². The molecule has 0 amide bonds. The van der Waals surface area contributed by atoms with E-state index in [0.29, 0.717) is 11.3 Å². The molecule has 1 heterocycles. The molecule has 0 aliphatic carbocycles. The smallest absolute Gasteiger partial charge is 0.263 e. The van der Waals surface area contributed by atoms with Gasteiger partial charge in [-0.05, 0) is 37.1 Å². The molecule has 0 spiro atoms. The predicted octanol–water partition coefficient (Wildman–Crippen LogP) is 1.67. The Balaban J connectivity index is 2.48. The molecule has 2 rings (SSSR count). The molecule has 2 aromatic rings. The lowest BCUT2D eigenvalue weighted by atomic mass is 10.1. The third-order valence-electron chi connectivity index (χ3n) is 2.51. The molecular weight excluding hydrogens is 254 g/mol. The van der Waals surface area contributed by atoms with E-state index in [1.54, 1.807) is 26.0 Å². The number of nitrogens with one attached hydrogen (secondary N) is 1. The van der Waals surface area contributed by atoms with Crippen molar-refractivity contribution in [3.05, 3.63) is 35.6 Å². The Morgan fingerprint density at radius 2 is 2.06 bits per heavy atom. The van der Waals surface area contributed by atoms with Crippen molar-refractivity contribution in [2.75, 3.05) is 10.5 Å². The molecular formula is C11H13N3O3S. The van der Waals surface area contributed by atoms with Gasteiger partial charge in [-0.1, -0.05) is 5.16 Å². The Morgan fingerprint density at radius 3 is 2.67 bits per heavy atom. The minimum Gasteiger partial charge on any atom is -0.398 e. The molecule has 0 aliphatic heterocycles. The van der Waals surface area contributed by atoms with Gasteiger partial charge in [-0.2, -0.15) is 0 Å². The number of nitrogens with zero attached hydrogens (tertiary/aromatic N) is 1. The number of nitrogen functional groups attached to an aromatic ring is 1. The first-order valence-electron chi connectivity index (χ1n) is 5.20. The van der Waals surface area contributed by atoms with Crippen molar-refractivity contribution in [3.63, 3.8) is 0 Å². The number of hydrogen-bond donors (Lipinski definition) is 2. The van der Waals surface area contributed by atoms with E-state index in [2.05, 4.69) is 14.4 Å².